The number of aryl methyl sites for hydroxylation is 3. The number of nitrogens with one attached hydrogen (secondary N) is 1. The number of sulfonamides is 1. The van der Waals surface area contributed by atoms with Crippen LogP contribution in [-0.2, 0) is 34.2 Å². The van der Waals surface area contributed by atoms with Crippen LogP contribution in [0, 0.1) is 0 Å². The molecule has 1 fully saturated rings. The number of hydrogen-bond donors (Lipinski definition) is 1. The largest absolute Gasteiger partial charge is 0.419 e. The first-order valence-corrected chi connectivity index (χ1v) is 12.4. The second kappa shape index (κ2) is 8.22. The maximum Gasteiger partial charge on any atom is 0.419 e. The Bertz CT molecular complexity index is 1350. The molecule has 8 nitrogen and oxygen atoms in total. The smallest absolute Gasteiger partial charge is 0.408 e. The number of oxazole rings is 1. The normalized spacial score (nSPS) is 16.5. The number of carbonyl (C=O) groups excluding carboxylic acids is 1. The average molecular weight is 456 g/mol. The molecular weight excluding hydrogens is 430 g/mol. The Labute approximate surface area is 185 Å². The van der Waals surface area contributed by atoms with Crippen LogP contribution in [-0.4, -0.2) is 36.3 Å². The van der Waals surface area contributed by atoms with Crippen LogP contribution in [0.4, 0.5) is 5.69 Å². The van der Waals surface area contributed by atoms with E-state index in [1.807, 2.05) is 12.1 Å². The summed E-state index contributed by atoms with van der Waals surface area (Å²) in [6.45, 7) is 1.15. The van der Waals surface area contributed by atoms with Gasteiger partial charge in [-0.3, -0.25) is 9.36 Å². The predicted molar refractivity (Wildman–Crippen MR) is 120 cm³/mol. The van der Waals surface area contributed by atoms with Crippen molar-refractivity contribution in [3.05, 3.63) is 58.1 Å². The number of carbonyl (C=O) groups is 1. The number of hydrogen-bond acceptors (Lipinski definition) is 5. The molecule has 2 aliphatic rings. The third-order valence-electron chi connectivity index (χ3n) is 6.29. The molecule has 2 aromatic carbocycles. The van der Waals surface area contributed by atoms with Crippen molar-refractivity contribution in [1.82, 2.24) is 8.87 Å². The summed E-state index contributed by atoms with van der Waals surface area (Å²) in [5.41, 5.74) is 4.05. The Morgan fingerprint density at radius 2 is 1.78 bits per heavy atom. The van der Waals surface area contributed by atoms with Crippen molar-refractivity contribution in [3.63, 3.8) is 0 Å². The first-order valence-electron chi connectivity index (χ1n) is 11.0. The molecule has 2 heterocycles. The SMILES string of the molecule is O=C(CCn1c(=O)oc2cc(S(=O)(=O)N3CCCC3)ccc21)Nc1ccc2c(c1)CCC2. The number of nitrogens with zero attached hydrogens (tertiary/aromatic N) is 2. The fraction of sp³-hybridized carbons (Fsp3) is 0.391. The number of amides is 1. The molecule has 9 heteroatoms. The molecular formula is C23H25N3O5S. The maximum atomic E-state index is 12.8. The molecule has 32 heavy (non-hydrogen) atoms. The van der Waals surface area contributed by atoms with Crippen LogP contribution in [0.1, 0.15) is 36.8 Å². The molecule has 1 saturated heterocycles. The molecule has 0 spiro atoms. The minimum absolute atomic E-state index is 0.0967. The van der Waals surface area contributed by atoms with E-state index in [1.54, 1.807) is 6.07 Å². The van der Waals surface area contributed by atoms with Crippen molar-refractivity contribution in [1.29, 1.82) is 0 Å². The molecule has 0 bridgehead atoms. The van der Waals surface area contributed by atoms with Crippen molar-refractivity contribution < 1.29 is 17.6 Å². The summed E-state index contributed by atoms with van der Waals surface area (Å²) in [4.78, 5) is 24.9. The second-order valence-electron chi connectivity index (χ2n) is 8.40. The summed E-state index contributed by atoms with van der Waals surface area (Å²) in [5, 5.41) is 2.89. The number of anilines is 1. The fourth-order valence-corrected chi connectivity index (χ4v) is 6.12. The molecule has 5 rings (SSSR count). The molecule has 0 saturated carbocycles. The summed E-state index contributed by atoms with van der Waals surface area (Å²) < 4.78 is 33.7. The van der Waals surface area contributed by atoms with Crippen LogP contribution < -0.4 is 11.1 Å². The van der Waals surface area contributed by atoms with Crippen molar-refractivity contribution >= 4 is 32.7 Å². The summed E-state index contributed by atoms with van der Waals surface area (Å²) in [7, 11) is -3.60. The molecule has 0 atom stereocenters. The van der Waals surface area contributed by atoms with Gasteiger partial charge in [0.25, 0.3) is 0 Å². The van der Waals surface area contributed by atoms with Gasteiger partial charge in [0.2, 0.25) is 15.9 Å². The number of benzene rings is 2. The minimum atomic E-state index is -3.60. The molecule has 1 N–H and O–H groups in total. The van der Waals surface area contributed by atoms with Gasteiger partial charge in [0, 0.05) is 37.8 Å². The van der Waals surface area contributed by atoms with Gasteiger partial charge in [0.1, 0.15) is 0 Å². The van der Waals surface area contributed by atoms with E-state index in [4.69, 9.17) is 4.42 Å². The van der Waals surface area contributed by atoms with E-state index in [0.29, 0.717) is 18.6 Å². The zero-order valence-corrected chi connectivity index (χ0v) is 18.5. The first-order chi connectivity index (χ1) is 15.4. The lowest BCUT2D eigenvalue weighted by atomic mass is 10.1. The topological polar surface area (TPSA) is 102 Å². The number of fused-ring (bicyclic) bond motifs is 2. The van der Waals surface area contributed by atoms with Crippen LogP contribution in [0.15, 0.2) is 50.5 Å². The Hall–Kier alpha value is -2.91. The van der Waals surface area contributed by atoms with Gasteiger partial charge in [-0.2, -0.15) is 4.31 Å². The minimum Gasteiger partial charge on any atom is -0.408 e. The zero-order valence-electron chi connectivity index (χ0n) is 17.7. The Morgan fingerprint density at radius 3 is 2.59 bits per heavy atom. The zero-order chi connectivity index (χ0) is 22.3. The van der Waals surface area contributed by atoms with Crippen LogP contribution in [0.5, 0.6) is 0 Å². The van der Waals surface area contributed by atoms with E-state index in [0.717, 1.165) is 37.8 Å². The molecule has 1 amide bonds. The quantitative estimate of drug-likeness (QED) is 0.616. The van der Waals surface area contributed by atoms with Gasteiger partial charge in [0.15, 0.2) is 5.58 Å². The lowest BCUT2D eigenvalue weighted by Crippen LogP contribution is -2.27. The third kappa shape index (κ3) is 3.86. The van der Waals surface area contributed by atoms with E-state index >= 15 is 0 Å². The Morgan fingerprint density at radius 1 is 1.00 bits per heavy atom. The predicted octanol–water partition coefficient (Wildman–Crippen LogP) is 2.90. The van der Waals surface area contributed by atoms with Crippen LogP contribution in [0.3, 0.4) is 0 Å². The highest BCUT2D eigenvalue weighted by Crippen LogP contribution is 2.26. The summed E-state index contributed by atoms with van der Waals surface area (Å²) in [5.74, 6) is -0.807. The highest BCUT2D eigenvalue weighted by atomic mass is 32.2. The second-order valence-corrected chi connectivity index (χ2v) is 10.3. The number of aromatic nitrogens is 1. The molecule has 0 unspecified atom stereocenters. The average Bonchev–Trinajstić information content (AvgIpc) is 3.51. The Balaban J connectivity index is 1.30. The summed E-state index contributed by atoms with van der Waals surface area (Å²) in [6, 6.07) is 10.4. The maximum absolute atomic E-state index is 12.8. The molecule has 168 valence electrons. The third-order valence-corrected chi connectivity index (χ3v) is 8.18. The highest BCUT2D eigenvalue weighted by molar-refractivity contribution is 7.89. The van der Waals surface area contributed by atoms with Gasteiger partial charge in [-0.15, -0.1) is 0 Å². The van der Waals surface area contributed by atoms with Crippen LogP contribution in [0.25, 0.3) is 11.1 Å². The van der Waals surface area contributed by atoms with Crippen LogP contribution >= 0.6 is 0 Å². The monoisotopic (exact) mass is 455 g/mol. The van der Waals surface area contributed by atoms with Gasteiger partial charge in [-0.05, 0) is 67.5 Å². The van der Waals surface area contributed by atoms with E-state index < -0.39 is 15.8 Å². The van der Waals surface area contributed by atoms with Crippen molar-refractivity contribution in [3.8, 4) is 0 Å². The first kappa shape index (κ1) is 21.0. The highest BCUT2D eigenvalue weighted by Gasteiger charge is 2.28. The van der Waals surface area contributed by atoms with Crippen molar-refractivity contribution in [2.45, 2.75) is 50.0 Å². The van der Waals surface area contributed by atoms with Gasteiger partial charge in [0.05, 0.1) is 10.4 Å². The van der Waals surface area contributed by atoms with Gasteiger partial charge < -0.3 is 9.73 Å². The lowest BCUT2D eigenvalue weighted by molar-refractivity contribution is -0.116. The van der Waals surface area contributed by atoms with Crippen LogP contribution in [0.2, 0.25) is 0 Å². The Kier molecular flexibility index (Phi) is 5.38. The standard InChI is InChI=1S/C23H25N3O5S/c27-22(24-18-7-6-16-4-3-5-17(16)14-18)10-13-26-20-9-8-19(15-21(20)31-23(26)28)32(29,30)25-11-1-2-12-25/h6-9,14-15H,1-5,10-13H2,(H,24,27). The number of rotatable bonds is 6. The van der Waals surface area contributed by atoms with Gasteiger partial charge >= 0.3 is 5.76 Å². The molecule has 3 aromatic rings. The van der Waals surface area contributed by atoms with Gasteiger partial charge in [-0.25, -0.2) is 13.2 Å². The van der Waals surface area contributed by atoms with Crippen molar-refractivity contribution in [2.75, 3.05) is 18.4 Å². The van der Waals surface area contributed by atoms with E-state index in [9.17, 15) is 18.0 Å². The molecule has 1 aliphatic heterocycles. The molecule has 0 radical (unpaired) electrons. The van der Waals surface area contributed by atoms with E-state index in [-0.39, 0.29) is 29.4 Å². The fourth-order valence-electron chi connectivity index (χ4n) is 4.58. The summed E-state index contributed by atoms with van der Waals surface area (Å²) in [6.07, 6.45) is 5.05. The lowest BCUT2D eigenvalue weighted by Gasteiger charge is -2.15. The molecule has 1 aromatic heterocycles. The van der Waals surface area contributed by atoms with E-state index in [2.05, 4.69) is 11.4 Å². The van der Waals surface area contributed by atoms with Gasteiger partial charge in [-0.1, -0.05) is 6.07 Å². The molecule has 1 aliphatic carbocycles. The van der Waals surface area contributed by atoms with E-state index in [1.165, 1.54) is 32.1 Å². The van der Waals surface area contributed by atoms with Crippen molar-refractivity contribution in [2.24, 2.45) is 0 Å². The summed E-state index contributed by atoms with van der Waals surface area (Å²) >= 11 is 0.